The number of rotatable bonds is 15. The van der Waals surface area contributed by atoms with E-state index in [0.29, 0.717) is 19.1 Å². The average Bonchev–Trinajstić information content (AvgIpc) is 2.50. The highest BCUT2D eigenvalue weighted by molar-refractivity contribution is 4.66. The van der Waals surface area contributed by atoms with Crippen molar-refractivity contribution in [3.8, 4) is 0 Å². The predicted molar refractivity (Wildman–Crippen MR) is 99.9 cm³/mol. The van der Waals surface area contributed by atoms with Gasteiger partial charge in [-0.3, -0.25) is 0 Å². The van der Waals surface area contributed by atoms with Crippen LogP contribution >= 0.6 is 0 Å². The van der Waals surface area contributed by atoms with Crippen LogP contribution < -0.4 is 0 Å². The Kier molecular flexibility index (Phi) is 14.0. The second-order valence-corrected chi connectivity index (χ2v) is 8.02. The van der Waals surface area contributed by atoms with Crippen molar-refractivity contribution < 1.29 is 19.2 Å². The fourth-order valence-corrected chi connectivity index (χ4v) is 2.15. The number of unbranched alkanes of at least 4 members (excludes halogenated alkanes) is 4. The zero-order chi connectivity index (χ0) is 18.4. The third kappa shape index (κ3) is 12.2. The molecule has 0 fully saturated rings. The number of ether oxygens (including phenoxy) is 2. The highest BCUT2D eigenvalue weighted by Crippen LogP contribution is 2.24. The Morgan fingerprint density at radius 2 is 1.33 bits per heavy atom. The molecule has 2 atom stereocenters. The van der Waals surface area contributed by atoms with Crippen LogP contribution in [0.4, 0.5) is 0 Å². The average molecular weight is 347 g/mol. The van der Waals surface area contributed by atoms with Gasteiger partial charge in [0.1, 0.15) is 6.61 Å². The Morgan fingerprint density at radius 1 is 0.792 bits per heavy atom. The summed E-state index contributed by atoms with van der Waals surface area (Å²) in [5.41, 5.74) is -0.123. The van der Waals surface area contributed by atoms with Crippen molar-refractivity contribution in [1.82, 2.24) is 0 Å². The van der Waals surface area contributed by atoms with E-state index in [1.807, 2.05) is 0 Å². The van der Waals surface area contributed by atoms with E-state index in [2.05, 4.69) is 48.5 Å². The third-order valence-corrected chi connectivity index (χ3v) is 3.94. The zero-order valence-corrected chi connectivity index (χ0v) is 17.2. The van der Waals surface area contributed by atoms with Crippen LogP contribution in [0.15, 0.2) is 0 Å². The fraction of sp³-hybridized carbons (Fsp3) is 1.00. The van der Waals surface area contributed by atoms with Gasteiger partial charge in [-0.1, -0.05) is 74.1 Å². The standard InChI is InChI=1S/C20H42O4/c1-8-10-12-14-21-18(17(3)4)16-23-24-19(20(5,6)7)22-15-13-11-9-2/h17-19H,8-16H2,1-7H3. The lowest BCUT2D eigenvalue weighted by atomic mass is 9.96. The van der Waals surface area contributed by atoms with E-state index in [9.17, 15) is 0 Å². The predicted octanol–water partition coefficient (Wildman–Crippen LogP) is 5.75. The molecule has 0 saturated heterocycles. The molecule has 4 heteroatoms. The molecule has 146 valence electrons. The van der Waals surface area contributed by atoms with E-state index in [4.69, 9.17) is 19.2 Å². The van der Waals surface area contributed by atoms with Crippen LogP contribution in [0.1, 0.15) is 87.0 Å². The zero-order valence-electron chi connectivity index (χ0n) is 17.2. The highest BCUT2D eigenvalue weighted by atomic mass is 17.2. The first-order chi connectivity index (χ1) is 11.3. The van der Waals surface area contributed by atoms with E-state index < -0.39 is 0 Å². The Balaban J connectivity index is 4.19. The maximum absolute atomic E-state index is 5.94. The summed E-state index contributed by atoms with van der Waals surface area (Å²) in [4.78, 5) is 11.1. The van der Waals surface area contributed by atoms with Crippen molar-refractivity contribution in [2.45, 2.75) is 99.4 Å². The van der Waals surface area contributed by atoms with Gasteiger partial charge >= 0.3 is 0 Å². The lowest BCUT2D eigenvalue weighted by molar-refractivity contribution is -0.406. The summed E-state index contributed by atoms with van der Waals surface area (Å²) in [6, 6.07) is 0. The molecule has 0 aromatic rings. The van der Waals surface area contributed by atoms with E-state index in [1.165, 1.54) is 25.7 Å². The third-order valence-electron chi connectivity index (χ3n) is 3.94. The Bertz CT molecular complexity index is 273. The summed E-state index contributed by atoms with van der Waals surface area (Å²) < 4.78 is 11.8. The van der Waals surface area contributed by atoms with Gasteiger partial charge in [-0.05, 0) is 18.8 Å². The first kappa shape index (κ1) is 23.8. The summed E-state index contributed by atoms with van der Waals surface area (Å²) in [6.45, 7) is 16.9. The van der Waals surface area contributed by atoms with Crippen LogP contribution in [0, 0.1) is 11.3 Å². The van der Waals surface area contributed by atoms with Gasteiger partial charge < -0.3 is 9.47 Å². The van der Waals surface area contributed by atoms with Gasteiger partial charge in [0.05, 0.1) is 6.10 Å². The molecule has 2 unspecified atom stereocenters. The molecule has 4 nitrogen and oxygen atoms in total. The maximum atomic E-state index is 5.94. The van der Waals surface area contributed by atoms with Crippen molar-refractivity contribution in [3.63, 3.8) is 0 Å². The quantitative estimate of drug-likeness (QED) is 0.164. The lowest BCUT2D eigenvalue weighted by Gasteiger charge is -2.30. The molecule has 0 aliphatic rings. The normalized spacial score (nSPS) is 15.0. The molecular weight excluding hydrogens is 304 g/mol. The number of hydrogen-bond acceptors (Lipinski definition) is 4. The summed E-state index contributed by atoms with van der Waals surface area (Å²) in [7, 11) is 0. The van der Waals surface area contributed by atoms with Gasteiger partial charge in [-0.15, -0.1) is 0 Å². The Hall–Kier alpha value is -0.160. The molecule has 0 N–H and O–H groups in total. The first-order valence-corrected chi connectivity index (χ1v) is 9.84. The minimum Gasteiger partial charge on any atom is -0.375 e. The molecule has 0 aromatic carbocycles. The highest BCUT2D eigenvalue weighted by Gasteiger charge is 2.28. The molecule has 0 rings (SSSR count). The maximum Gasteiger partial charge on any atom is 0.196 e. The summed E-state index contributed by atoms with van der Waals surface area (Å²) in [5.74, 6) is 0.397. The first-order valence-electron chi connectivity index (χ1n) is 9.84. The molecule has 0 saturated carbocycles. The second-order valence-electron chi connectivity index (χ2n) is 8.02. The second kappa shape index (κ2) is 14.1. The molecule has 0 aromatic heterocycles. The van der Waals surface area contributed by atoms with E-state index in [-0.39, 0.29) is 17.8 Å². The molecule has 0 amide bonds. The largest absolute Gasteiger partial charge is 0.375 e. The molecule has 0 heterocycles. The topological polar surface area (TPSA) is 36.9 Å². The Labute approximate surface area is 150 Å². The van der Waals surface area contributed by atoms with Gasteiger partial charge in [0.25, 0.3) is 0 Å². The molecule has 0 bridgehead atoms. The van der Waals surface area contributed by atoms with E-state index in [1.54, 1.807) is 0 Å². The summed E-state index contributed by atoms with van der Waals surface area (Å²) >= 11 is 0. The molecule has 0 radical (unpaired) electrons. The van der Waals surface area contributed by atoms with Gasteiger partial charge in [0.2, 0.25) is 0 Å². The van der Waals surface area contributed by atoms with Crippen LogP contribution in [-0.2, 0) is 19.2 Å². The van der Waals surface area contributed by atoms with E-state index >= 15 is 0 Å². The minimum absolute atomic E-state index is 0.0579. The van der Waals surface area contributed by atoms with Crippen molar-refractivity contribution in [2.24, 2.45) is 11.3 Å². The summed E-state index contributed by atoms with van der Waals surface area (Å²) in [5, 5.41) is 0. The Morgan fingerprint density at radius 3 is 1.79 bits per heavy atom. The van der Waals surface area contributed by atoms with Gasteiger partial charge in [0.15, 0.2) is 6.29 Å². The molecular formula is C20H42O4. The van der Waals surface area contributed by atoms with Crippen LogP contribution in [0.2, 0.25) is 0 Å². The van der Waals surface area contributed by atoms with E-state index in [0.717, 1.165) is 19.4 Å². The van der Waals surface area contributed by atoms with Gasteiger partial charge in [-0.2, -0.15) is 0 Å². The smallest absolute Gasteiger partial charge is 0.196 e. The van der Waals surface area contributed by atoms with Crippen molar-refractivity contribution in [1.29, 1.82) is 0 Å². The molecule has 0 spiro atoms. The fourth-order valence-electron chi connectivity index (χ4n) is 2.15. The summed E-state index contributed by atoms with van der Waals surface area (Å²) in [6.07, 6.45) is 6.64. The monoisotopic (exact) mass is 346 g/mol. The molecule has 0 aliphatic carbocycles. The minimum atomic E-state index is -0.359. The SMILES string of the molecule is CCCCCOC(COOC(OCCCCC)C(C)(C)C)C(C)C. The van der Waals surface area contributed by atoms with Crippen LogP contribution in [0.3, 0.4) is 0 Å². The molecule has 0 aliphatic heterocycles. The molecule has 24 heavy (non-hydrogen) atoms. The van der Waals surface area contributed by atoms with Crippen LogP contribution in [-0.4, -0.2) is 32.2 Å². The van der Waals surface area contributed by atoms with Gasteiger partial charge in [-0.25, -0.2) is 9.78 Å². The van der Waals surface area contributed by atoms with Crippen molar-refractivity contribution >= 4 is 0 Å². The van der Waals surface area contributed by atoms with Gasteiger partial charge in [0, 0.05) is 18.6 Å². The number of hydrogen-bond donors (Lipinski definition) is 0. The lowest BCUT2D eigenvalue weighted by Crippen LogP contribution is -2.34. The van der Waals surface area contributed by atoms with Crippen molar-refractivity contribution in [2.75, 3.05) is 19.8 Å². The van der Waals surface area contributed by atoms with Crippen LogP contribution in [0.5, 0.6) is 0 Å². The van der Waals surface area contributed by atoms with Crippen molar-refractivity contribution in [3.05, 3.63) is 0 Å². The van der Waals surface area contributed by atoms with Crippen LogP contribution in [0.25, 0.3) is 0 Å².